The maximum atomic E-state index is 13.5. The van der Waals surface area contributed by atoms with Crippen LogP contribution < -0.4 is 16.6 Å². The van der Waals surface area contributed by atoms with Gasteiger partial charge in [0.2, 0.25) is 0 Å². The fourth-order valence-electron chi connectivity index (χ4n) is 1.31. The van der Waals surface area contributed by atoms with E-state index in [0.29, 0.717) is 22.3 Å². The van der Waals surface area contributed by atoms with Gasteiger partial charge in [0.25, 0.3) is 0 Å². The number of pyridine rings is 1. The van der Waals surface area contributed by atoms with Crippen LogP contribution in [0.25, 0.3) is 0 Å². The van der Waals surface area contributed by atoms with Crippen LogP contribution in [0.1, 0.15) is 0 Å². The molecule has 0 aliphatic rings. The Morgan fingerprint density at radius 2 is 1.94 bits per heavy atom. The van der Waals surface area contributed by atoms with Gasteiger partial charge in [-0.3, -0.25) is 0 Å². The topological polar surface area (TPSA) is 63.0 Å². The average molecular weight is 253 g/mol. The Morgan fingerprint density at radius 1 is 1.18 bits per heavy atom. The summed E-state index contributed by atoms with van der Waals surface area (Å²) in [5, 5.41) is 3.18. The molecule has 1 heterocycles. The van der Waals surface area contributed by atoms with Crippen LogP contribution in [-0.2, 0) is 0 Å². The zero-order valence-electron chi connectivity index (χ0n) is 8.74. The van der Waals surface area contributed by atoms with E-state index in [2.05, 4.69) is 15.7 Å². The molecule has 88 valence electrons. The number of hydrogen-bond acceptors (Lipinski definition) is 4. The minimum absolute atomic E-state index is 0.302. The highest BCUT2D eigenvalue weighted by Crippen LogP contribution is 2.22. The zero-order chi connectivity index (χ0) is 12.3. The third-order valence-electron chi connectivity index (χ3n) is 2.09. The third kappa shape index (κ3) is 2.83. The lowest BCUT2D eigenvalue weighted by Gasteiger charge is -2.08. The lowest BCUT2D eigenvalue weighted by Crippen LogP contribution is -2.09. The lowest BCUT2D eigenvalue weighted by atomic mass is 10.3. The summed E-state index contributed by atoms with van der Waals surface area (Å²) >= 11 is 5.66. The Morgan fingerprint density at radius 3 is 2.65 bits per heavy atom. The molecule has 0 amide bonds. The molecule has 0 unspecified atom stereocenters. The molecule has 2 aromatic rings. The van der Waals surface area contributed by atoms with Crippen LogP contribution in [0.5, 0.6) is 0 Å². The Kier molecular flexibility index (Phi) is 3.41. The van der Waals surface area contributed by atoms with Crippen molar-refractivity contribution >= 4 is 28.9 Å². The van der Waals surface area contributed by atoms with Crippen molar-refractivity contribution in [3.05, 3.63) is 47.2 Å². The van der Waals surface area contributed by atoms with E-state index in [9.17, 15) is 4.39 Å². The molecule has 0 fully saturated rings. The van der Waals surface area contributed by atoms with Gasteiger partial charge < -0.3 is 10.7 Å². The van der Waals surface area contributed by atoms with Gasteiger partial charge in [-0.05, 0) is 30.3 Å². The summed E-state index contributed by atoms with van der Waals surface area (Å²) in [6.07, 6.45) is 0. The first-order valence-corrected chi connectivity index (χ1v) is 5.22. The lowest BCUT2D eigenvalue weighted by molar-refractivity contribution is 0.632. The summed E-state index contributed by atoms with van der Waals surface area (Å²) in [5.74, 6) is 5.77. The van der Waals surface area contributed by atoms with Crippen molar-refractivity contribution in [2.75, 3.05) is 10.7 Å². The maximum Gasteiger partial charge on any atom is 0.148 e. The highest BCUT2D eigenvalue weighted by Gasteiger charge is 2.04. The molecule has 0 spiro atoms. The minimum Gasteiger partial charge on any atom is -0.338 e. The van der Waals surface area contributed by atoms with Crippen LogP contribution in [-0.4, -0.2) is 4.98 Å². The predicted octanol–water partition coefficient (Wildman–Crippen LogP) is 2.90. The van der Waals surface area contributed by atoms with Gasteiger partial charge in [-0.1, -0.05) is 17.7 Å². The van der Waals surface area contributed by atoms with Crippen molar-refractivity contribution in [3.8, 4) is 0 Å². The maximum absolute atomic E-state index is 13.5. The van der Waals surface area contributed by atoms with E-state index >= 15 is 0 Å². The van der Waals surface area contributed by atoms with Gasteiger partial charge in [0.05, 0.1) is 5.69 Å². The van der Waals surface area contributed by atoms with Crippen molar-refractivity contribution in [1.82, 2.24) is 4.98 Å². The monoisotopic (exact) mass is 252 g/mol. The minimum atomic E-state index is -0.439. The first-order chi connectivity index (χ1) is 8.19. The number of nitrogens with zero attached hydrogens (tertiary/aromatic N) is 1. The molecule has 1 aromatic carbocycles. The predicted molar refractivity (Wildman–Crippen MR) is 66.7 cm³/mol. The number of benzene rings is 1. The summed E-state index contributed by atoms with van der Waals surface area (Å²) in [4.78, 5) is 4.10. The Hall–Kier alpha value is -1.85. The number of nitrogens with one attached hydrogen (secondary N) is 2. The molecule has 0 atom stereocenters. The van der Waals surface area contributed by atoms with Gasteiger partial charge in [-0.25, -0.2) is 15.2 Å². The summed E-state index contributed by atoms with van der Waals surface area (Å²) in [5.41, 5.74) is 2.71. The highest BCUT2D eigenvalue weighted by atomic mass is 35.5. The van der Waals surface area contributed by atoms with Crippen LogP contribution in [0.3, 0.4) is 0 Å². The summed E-state index contributed by atoms with van der Waals surface area (Å²) in [6, 6.07) is 9.52. The third-order valence-corrected chi connectivity index (χ3v) is 2.33. The Labute approximate surface area is 103 Å². The van der Waals surface area contributed by atoms with Gasteiger partial charge >= 0.3 is 0 Å². The van der Waals surface area contributed by atoms with E-state index in [1.165, 1.54) is 6.07 Å². The van der Waals surface area contributed by atoms with Crippen molar-refractivity contribution in [2.45, 2.75) is 0 Å². The number of halogens is 2. The fourth-order valence-corrected chi connectivity index (χ4v) is 1.47. The second kappa shape index (κ2) is 4.99. The standard InChI is InChI=1S/C11H10ClFN4/c12-7-4-5-9(8(13)6-7)15-10-2-1-3-11(16-10)17-14/h1-6H,14H2,(H2,15,16,17). The highest BCUT2D eigenvalue weighted by molar-refractivity contribution is 6.30. The van der Waals surface area contributed by atoms with Crippen LogP contribution in [0.15, 0.2) is 36.4 Å². The van der Waals surface area contributed by atoms with E-state index < -0.39 is 5.82 Å². The molecular formula is C11H10ClFN4. The molecule has 17 heavy (non-hydrogen) atoms. The average Bonchev–Trinajstić information content (AvgIpc) is 2.33. The number of nitrogens with two attached hydrogens (primary N) is 1. The molecule has 0 aliphatic carbocycles. The normalized spacial score (nSPS) is 10.1. The SMILES string of the molecule is NNc1cccc(Nc2ccc(Cl)cc2F)n1. The molecule has 0 bridgehead atoms. The second-order valence-corrected chi connectivity index (χ2v) is 3.74. The van der Waals surface area contributed by atoms with Gasteiger partial charge in [0.15, 0.2) is 0 Å². The van der Waals surface area contributed by atoms with Crippen molar-refractivity contribution < 1.29 is 4.39 Å². The molecule has 4 nitrogen and oxygen atoms in total. The van der Waals surface area contributed by atoms with Gasteiger partial charge in [-0.15, -0.1) is 0 Å². The van der Waals surface area contributed by atoms with Crippen molar-refractivity contribution in [1.29, 1.82) is 0 Å². The smallest absolute Gasteiger partial charge is 0.148 e. The molecule has 2 rings (SSSR count). The Bertz CT molecular complexity index is 533. The van der Waals surface area contributed by atoms with E-state index in [1.807, 2.05) is 0 Å². The number of rotatable bonds is 3. The molecule has 4 N–H and O–H groups in total. The van der Waals surface area contributed by atoms with Crippen LogP contribution >= 0.6 is 11.6 Å². The zero-order valence-corrected chi connectivity index (χ0v) is 9.50. The number of aromatic nitrogens is 1. The summed E-state index contributed by atoms with van der Waals surface area (Å²) in [6.45, 7) is 0. The Balaban J connectivity index is 2.25. The molecule has 1 aromatic heterocycles. The van der Waals surface area contributed by atoms with Crippen molar-refractivity contribution in [2.24, 2.45) is 5.84 Å². The first-order valence-electron chi connectivity index (χ1n) is 4.85. The van der Waals surface area contributed by atoms with E-state index in [-0.39, 0.29) is 0 Å². The number of nitrogen functional groups attached to an aromatic ring is 1. The molecule has 0 saturated carbocycles. The number of hydrazine groups is 1. The fraction of sp³-hybridized carbons (Fsp3) is 0. The van der Waals surface area contributed by atoms with E-state index in [1.54, 1.807) is 30.3 Å². The largest absolute Gasteiger partial charge is 0.338 e. The van der Waals surface area contributed by atoms with Crippen LogP contribution in [0.4, 0.5) is 21.7 Å². The van der Waals surface area contributed by atoms with Gasteiger partial charge in [-0.2, -0.15) is 0 Å². The molecule has 0 aliphatic heterocycles. The van der Waals surface area contributed by atoms with E-state index in [4.69, 9.17) is 17.4 Å². The van der Waals surface area contributed by atoms with Gasteiger partial charge in [0, 0.05) is 5.02 Å². The molecular weight excluding hydrogens is 243 g/mol. The van der Waals surface area contributed by atoms with Crippen LogP contribution in [0, 0.1) is 5.82 Å². The summed E-state index contributed by atoms with van der Waals surface area (Å²) < 4.78 is 13.5. The quantitative estimate of drug-likeness (QED) is 0.581. The molecule has 0 saturated heterocycles. The number of hydrogen-bond donors (Lipinski definition) is 3. The van der Waals surface area contributed by atoms with Crippen molar-refractivity contribution in [3.63, 3.8) is 0 Å². The number of anilines is 3. The first kappa shape index (κ1) is 11.6. The van der Waals surface area contributed by atoms with Gasteiger partial charge in [0.1, 0.15) is 17.5 Å². The molecule has 6 heteroatoms. The van der Waals surface area contributed by atoms with E-state index in [0.717, 1.165) is 0 Å². The molecule has 0 radical (unpaired) electrons. The second-order valence-electron chi connectivity index (χ2n) is 3.30. The summed E-state index contributed by atoms with van der Waals surface area (Å²) in [7, 11) is 0. The van der Waals surface area contributed by atoms with Crippen LogP contribution in [0.2, 0.25) is 5.02 Å².